The van der Waals surface area contributed by atoms with Crippen molar-refractivity contribution in [3.8, 4) is 0 Å². The molecule has 0 aromatic heterocycles. The minimum absolute atomic E-state index is 0.0507. The first-order chi connectivity index (χ1) is 14.3. The molecule has 7 nitrogen and oxygen atoms in total. The Kier molecular flexibility index (Phi) is 10.7. The van der Waals surface area contributed by atoms with Crippen LogP contribution >= 0.6 is 0 Å². The molecule has 2 aliphatic carbocycles. The first-order valence-electron chi connectivity index (χ1n) is 10.8. The highest BCUT2D eigenvalue weighted by Crippen LogP contribution is 2.23. The van der Waals surface area contributed by atoms with Crippen LogP contribution in [-0.2, 0) is 18.9 Å². The van der Waals surface area contributed by atoms with Crippen LogP contribution in [0.1, 0.15) is 46.5 Å². The van der Waals surface area contributed by atoms with E-state index in [9.17, 15) is 15.3 Å². The van der Waals surface area contributed by atoms with Crippen molar-refractivity contribution < 1.29 is 34.3 Å². The Bertz CT molecular complexity index is 596. The minimum atomic E-state index is -1.54. The maximum atomic E-state index is 10.3. The number of hydrogen-bond donors (Lipinski definition) is 3. The summed E-state index contributed by atoms with van der Waals surface area (Å²) in [5.41, 5.74) is 2.16. The SMILES string of the molecule is CO[C@@H]1CC(C)=CC(OCC(O)COC2C=C(CC(OC(C)C)C(O)O)C=CC2)C1. The van der Waals surface area contributed by atoms with Crippen LogP contribution in [0.25, 0.3) is 0 Å². The number of rotatable bonds is 12. The molecule has 5 atom stereocenters. The van der Waals surface area contributed by atoms with Gasteiger partial charge in [0.05, 0.1) is 37.6 Å². The molecule has 30 heavy (non-hydrogen) atoms. The molecule has 0 saturated carbocycles. The molecule has 0 bridgehead atoms. The third-order valence-electron chi connectivity index (χ3n) is 5.17. The fourth-order valence-corrected chi connectivity index (χ4v) is 3.74. The number of methoxy groups -OCH3 is 1. The second kappa shape index (κ2) is 12.7. The second-order valence-corrected chi connectivity index (χ2v) is 8.43. The highest BCUT2D eigenvalue weighted by molar-refractivity contribution is 5.25. The van der Waals surface area contributed by atoms with E-state index in [-0.39, 0.29) is 37.6 Å². The lowest BCUT2D eigenvalue weighted by molar-refractivity contribution is -0.157. The predicted molar refractivity (Wildman–Crippen MR) is 114 cm³/mol. The van der Waals surface area contributed by atoms with Crippen LogP contribution < -0.4 is 0 Å². The number of aliphatic hydroxyl groups excluding tert-OH is 2. The molecule has 172 valence electrons. The van der Waals surface area contributed by atoms with Gasteiger partial charge in [-0.3, -0.25) is 0 Å². The lowest BCUT2D eigenvalue weighted by Crippen LogP contribution is -2.32. The van der Waals surface area contributed by atoms with E-state index >= 15 is 0 Å². The Morgan fingerprint density at radius 1 is 1.07 bits per heavy atom. The summed E-state index contributed by atoms with van der Waals surface area (Å²) in [5, 5.41) is 29.3. The summed E-state index contributed by atoms with van der Waals surface area (Å²) < 4.78 is 22.7. The van der Waals surface area contributed by atoms with Crippen LogP contribution in [-0.4, -0.2) is 78.6 Å². The molecule has 0 aliphatic heterocycles. The van der Waals surface area contributed by atoms with E-state index in [1.807, 2.05) is 32.1 Å². The molecule has 3 N–H and O–H groups in total. The van der Waals surface area contributed by atoms with Crippen molar-refractivity contribution in [2.24, 2.45) is 0 Å². The monoisotopic (exact) mass is 426 g/mol. The lowest BCUT2D eigenvalue weighted by Gasteiger charge is -2.27. The van der Waals surface area contributed by atoms with Gasteiger partial charge < -0.3 is 34.3 Å². The van der Waals surface area contributed by atoms with Gasteiger partial charge in [0, 0.05) is 20.0 Å². The van der Waals surface area contributed by atoms with Crippen LogP contribution in [0, 0.1) is 0 Å². The Labute approximate surface area is 180 Å². The summed E-state index contributed by atoms with van der Waals surface area (Å²) >= 11 is 0. The van der Waals surface area contributed by atoms with Crippen molar-refractivity contribution in [2.45, 2.75) is 89.4 Å². The van der Waals surface area contributed by atoms with Crippen molar-refractivity contribution >= 4 is 0 Å². The molecule has 0 fully saturated rings. The molecule has 0 aromatic carbocycles. The lowest BCUT2D eigenvalue weighted by atomic mass is 9.96. The van der Waals surface area contributed by atoms with Crippen molar-refractivity contribution in [3.63, 3.8) is 0 Å². The van der Waals surface area contributed by atoms with Crippen LogP contribution in [0.2, 0.25) is 0 Å². The maximum absolute atomic E-state index is 10.3. The van der Waals surface area contributed by atoms with Gasteiger partial charge in [-0.1, -0.05) is 29.9 Å². The van der Waals surface area contributed by atoms with E-state index in [0.29, 0.717) is 12.8 Å². The van der Waals surface area contributed by atoms with Gasteiger partial charge in [-0.05, 0) is 39.2 Å². The molecular weight excluding hydrogens is 388 g/mol. The highest BCUT2D eigenvalue weighted by atomic mass is 16.6. The molecule has 4 unspecified atom stereocenters. The molecule has 0 amide bonds. The molecule has 0 aromatic rings. The largest absolute Gasteiger partial charge is 0.388 e. The van der Waals surface area contributed by atoms with Crippen molar-refractivity contribution in [2.75, 3.05) is 20.3 Å². The first kappa shape index (κ1) is 25.2. The summed E-state index contributed by atoms with van der Waals surface area (Å²) in [7, 11) is 1.71. The molecule has 2 rings (SSSR count). The molecule has 0 saturated heterocycles. The standard InChI is InChI=1S/C23H38O7/c1-15(2)30-22(23(25)26)11-17-6-5-7-19(10-17)28-13-18(24)14-29-21-9-16(3)8-20(12-21)27-4/h5-6,9-10,15,18-26H,7-8,11-14H2,1-4H3/t18?,19?,20-,21?,22?/m1/s1. The number of aliphatic hydroxyl groups is 3. The van der Waals surface area contributed by atoms with Gasteiger partial charge in [0.15, 0.2) is 6.29 Å². The van der Waals surface area contributed by atoms with Gasteiger partial charge in [0.25, 0.3) is 0 Å². The Balaban J connectivity index is 1.76. The fourth-order valence-electron chi connectivity index (χ4n) is 3.74. The topological polar surface area (TPSA) is 97.6 Å². The van der Waals surface area contributed by atoms with Crippen molar-refractivity contribution in [1.82, 2.24) is 0 Å². The Hall–Kier alpha value is -1.06. The van der Waals surface area contributed by atoms with Gasteiger partial charge in [-0.25, -0.2) is 0 Å². The van der Waals surface area contributed by atoms with Gasteiger partial charge in [-0.15, -0.1) is 0 Å². The Morgan fingerprint density at radius 3 is 2.40 bits per heavy atom. The first-order valence-corrected chi connectivity index (χ1v) is 10.8. The van der Waals surface area contributed by atoms with Gasteiger partial charge in [-0.2, -0.15) is 0 Å². The molecule has 0 spiro atoms. The van der Waals surface area contributed by atoms with Crippen molar-refractivity contribution in [1.29, 1.82) is 0 Å². The van der Waals surface area contributed by atoms with Gasteiger partial charge >= 0.3 is 0 Å². The average molecular weight is 427 g/mol. The fraction of sp³-hybridized carbons (Fsp3) is 0.739. The second-order valence-electron chi connectivity index (χ2n) is 8.43. The predicted octanol–water partition coefficient (Wildman–Crippen LogP) is 2.25. The quantitative estimate of drug-likeness (QED) is 0.325. The molecule has 7 heteroatoms. The third-order valence-corrected chi connectivity index (χ3v) is 5.17. The van der Waals surface area contributed by atoms with Crippen molar-refractivity contribution in [3.05, 3.63) is 35.5 Å². The normalized spacial score (nSPS) is 26.6. The van der Waals surface area contributed by atoms with Gasteiger partial charge in [0.1, 0.15) is 12.2 Å². The van der Waals surface area contributed by atoms with Crippen LogP contribution in [0.4, 0.5) is 0 Å². The van der Waals surface area contributed by atoms with E-state index in [2.05, 4.69) is 13.0 Å². The summed E-state index contributed by atoms with van der Waals surface area (Å²) in [4.78, 5) is 0. The van der Waals surface area contributed by atoms with Gasteiger partial charge in [0.2, 0.25) is 0 Å². The highest BCUT2D eigenvalue weighted by Gasteiger charge is 2.23. The Morgan fingerprint density at radius 2 is 1.77 bits per heavy atom. The zero-order valence-electron chi connectivity index (χ0n) is 18.6. The zero-order chi connectivity index (χ0) is 22.1. The summed E-state index contributed by atoms with van der Waals surface area (Å²) in [6.45, 7) is 6.14. The minimum Gasteiger partial charge on any atom is -0.388 e. The summed E-state index contributed by atoms with van der Waals surface area (Å²) in [6, 6.07) is 0. The maximum Gasteiger partial charge on any atom is 0.178 e. The summed E-state index contributed by atoms with van der Waals surface area (Å²) in [6.07, 6.45) is 7.64. The van der Waals surface area contributed by atoms with Crippen LogP contribution in [0.3, 0.4) is 0 Å². The average Bonchev–Trinajstić information content (AvgIpc) is 2.69. The van der Waals surface area contributed by atoms with Crippen LogP contribution in [0.15, 0.2) is 35.5 Å². The zero-order valence-corrected chi connectivity index (χ0v) is 18.6. The number of ether oxygens (including phenoxy) is 4. The van der Waals surface area contributed by atoms with E-state index in [0.717, 1.165) is 18.4 Å². The molecular formula is C23H38O7. The number of hydrogen-bond acceptors (Lipinski definition) is 7. The summed E-state index contributed by atoms with van der Waals surface area (Å²) in [5.74, 6) is 0. The number of allylic oxidation sites excluding steroid dienone is 1. The third kappa shape index (κ3) is 8.98. The van der Waals surface area contributed by atoms with E-state index in [1.165, 1.54) is 5.57 Å². The van der Waals surface area contributed by atoms with E-state index in [4.69, 9.17) is 18.9 Å². The van der Waals surface area contributed by atoms with E-state index < -0.39 is 18.5 Å². The molecule has 2 aliphatic rings. The smallest absolute Gasteiger partial charge is 0.178 e. The molecule has 0 radical (unpaired) electrons. The van der Waals surface area contributed by atoms with E-state index in [1.54, 1.807) is 7.11 Å². The molecule has 0 heterocycles. The van der Waals surface area contributed by atoms with Crippen LogP contribution in [0.5, 0.6) is 0 Å².